The summed E-state index contributed by atoms with van der Waals surface area (Å²) in [7, 11) is 0. The molecule has 2 aliphatic rings. The van der Waals surface area contributed by atoms with Crippen molar-refractivity contribution in [3.63, 3.8) is 0 Å². The summed E-state index contributed by atoms with van der Waals surface area (Å²) in [5.74, 6) is 0.0931. The SMILES string of the molecule is CCn1cc(C(=O)N2CC3CC2CO3)cn1. The highest BCUT2D eigenvalue weighted by Gasteiger charge is 2.41. The molecule has 1 amide bonds. The first-order valence-corrected chi connectivity index (χ1v) is 5.73. The minimum atomic E-state index is 0.0931. The van der Waals surface area contributed by atoms with Gasteiger partial charge in [0.15, 0.2) is 0 Å². The maximum atomic E-state index is 12.2. The Kier molecular flexibility index (Phi) is 2.21. The van der Waals surface area contributed by atoms with E-state index in [-0.39, 0.29) is 18.1 Å². The van der Waals surface area contributed by atoms with Crippen molar-refractivity contribution in [2.75, 3.05) is 13.2 Å². The molecule has 5 heteroatoms. The molecule has 0 spiro atoms. The number of carbonyl (C=O) groups is 1. The van der Waals surface area contributed by atoms with E-state index in [9.17, 15) is 4.79 Å². The van der Waals surface area contributed by atoms with Crippen molar-refractivity contribution < 1.29 is 9.53 Å². The number of rotatable bonds is 2. The smallest absolute Gasteiger partial charge is 0.257 e. The molecule has 2 atom stereocenters. The van der Waals surface area contributed by atoms with Crippen molar-refractivity contribution >= 4 is 5.91 Å². The fourth-order valence-electron chi connectivity index (χ4n) is 2.46. The van der Waals surface area contributed by atoms with Crippen LogP contribution in [-0.4, -0.2) is 45.9 Å². The molecular weight excluding hydrogens is 206 g/mol. The van der Waals surface area contributed by atoms with Gasteiger partial charge in [-0.1, -0.05) is 0 Å². The van der Waals surface area contributed by atoms with Crippen molar-refractivity contribution in [2.45, 2.75) is 32.0 Å². The highest BCUT2D eigenvalue weighted by atomic mass is 16.5. The van der Waals surface area contributed by atoms with Crippen LogP contribution in [0.25, 0.3) is 0 Å². The van der Waals surface area contributed by atoms with Crippen LogP contribution in [0.15, 0.2) is 12.4 Å². The number of amides is 1. The van der Waals surface area contributed by atoms with E-state index in [1.165, 1.54) is 0 Å². The molecule has 2 aliphatic heterocycles. The zero-order chi connectivity index (χ0) is 11.1. The summed E-state index contributed by atoms with van der Waals surface area (Å²) in [6, 6.07) is 0.280. The third-order valence-corrected chi connectivity index (χ3v) is 3.37. The number of fused-ring (bicyclic) bond motifs is 2. The zero-order valence-corrected chi connectivity index (χ0v) is 9.30. The standard InChI is InChI=1S/C11H15N3O2/c1-2-13-5-8(4-12-13)11(15)14-6-10-3-9(14)7-16-10/h4-5,9-10H,2-3,6-7H2,1H3. The van der Waals surface area contributed by atoms with Crippen LogP contribution in [0.5, 0.6) is 0 Å². The number of nitrogens with zero attached hydrogens (tertiary/aromatic N) is 3. The number of hydrogen-bond donors (Lipinski definition) is 0. The third-order valence-electron chi connectivity index (χ3n) is 3.37. The fraction of sp³-hybridized carbons (Fsp3) is 0.636. The Labute approximate surface area is 94.0 Å². The molecule has 0 saturated carbocycles. The highest BCUT2D eigenvalue weighted by molar-refractivity contribution is 5.94. The van der Waals surface area contributed by atoms with Crippen LogP contribution in [0.3, 0.4) is 0 Å². The molecule has 2 fully saturated rings. The lowest BCUT2D eigenvalue weighted by Crippen LogP contribution is -2.41. The van der Waals surface area contributed by atoms with Gasteiger partial charge in [0.25, 0.3) is 5.91 Å². The highest BCUT2D eigenvalue weighted by Crippen LogP contribution is 2.28. The van der Waals surface area contributed by atoms with E-state index in [4.69, 9.17) is 4.74 Å². The molecule has 1 aromatic rings. The zero-order valence-electron chi connectivity index (χ0n) is 9.30. The van der Waals surface area contributed by atoms with Gasteiger partial charge in [0.05, 0.1) is 30.5 Å². The quantitative estimate of drug-likeness (QED) is 0.731. The Morgan fingerprint density at radius 3 is 3.12 bits per heavy atom. The lowest BCUT2D eigenvalue weighted by molar-refractivity contribution is 0.0259. The van der Waals surface area contributed by atoms with Crippen molar-refractivity contribution in [2.24, 2.45) is 0 Å². The second-order valence-electron chi connectivity index (χ2n) is 4.39. The van der Waals surface area contributed by atoms with Crippen LogP contribution in [0.2, 0.25) is 0 Å². The van der Waals surface area contributed by atoms with Gasteiger partial charge in [0, 0.05) is 19.3 Å². The number of hydrogen-bond acceptors (Lipinski definition) is 3. The predicted octanol–water partition coefficient (Wildman–Crippen LogP) is 0.516. The summed E-state index contributed by atoms with van der Waals surface area (Å²) < 4.78 is 7.26. The molecule has 5 nitrogen and oxygen atoms in total. The summed E-state index contributed by atoms with van der Waals surface area (Å²) in [5.41, 5.74) is 0.689. The van der Waals surface area contributed by atoms with Crippen LogP contribution < -0.4 is 0 Å². The van der Waals surface area contributed by atoms with Gasteiger partial charge in [0.1, 0.15) is 0 Å². The molecule has 2 bridgehead atoms. The number of morpholine rings is 1. The van der Waals surface area contributed by atoms with E-state index in [1.54, 1.807) is 10.9 Å². The minimum absolute atomic E-state index is 0.0931. The maximum absolute atomic E-state index is 12.2. The number of likely N-dealkylation sites (tertiary alicyclic amines) is 1. The molecule has 3 heterocycles. The van der Waals surface area contributed by atoms with Gasteiger partial charge in [0.2, 0.25) is 0 Å². The normalized spacial score (nSPS) is 27.7. The Morgan fingerprint density at radius 1 is 1.69 bits per heavy atom. The molecular formula is C11H15N3O2. The van der Waals surface area contributed by atoms with E-state index in [2.05, 4.69) is 5.10 Å². The largest absolute Gasteiger partial charge is 0.374 e. The minimum Gasteiger partial charge on any atom is -0.374 e. The molecule has 0 N–H and O–H groups in total. The van der Waals surface area contributed by atoms with E-state index in [1.807, 2.05) is 18.0 Å². The predicted molar refractivity (Wildman–Crippen MR) is 57.1 cm³/mol. The number of ether oxygens (including phenoxy) is 1. The van der Waals surface area contributed by atoms with Crippen molar-refractivity contribution in [3.8, 4) is 0 Å². The number of aryl methyl sites for hydroxylation is 1. The molecule has 2 saturated heterocycles. The first kappa shape index (κ1) is 9.84. The summed E-state index contributed by atoms with van der Waals surface area (Å²) in [4.78, 5) is 14.1. The molecule has 0 radical (unpaired) electrons. The molecule has 3 rings (SSSR count). The van der Waals surface area contributed by atoms with E-state index >= 15 is 0 Å². The Morgan fingerprint density at radius 2 is 2.56 bits per heavy atom. The van der Waals surface area contributed by atoms with Crippen LogP contribution >= 0.6 is 0 Å². The van der Waals surface area contributed by atoms with Gasteiger partial charge in [-0.2, -0.15) is 5.10 Å². The summed E-state index contributed by atoms with van der Waals surface area (Å²) in [6.45, 7) is 4.23. The number of aromatic nitrogens is 2. The molecule has 86 valence electrons. The molecule has 16 heavy (non-hydrogen) atoms. The van der Waals surface area contributed by atoms with E-state index in [0.717, 1.165) is 19.5 Å². The number of carbonyl (C=O) groups excluding carboxylic acids is 1. The van der Waals surface area contributed by atoms with Crippen LogP contribution in [0.1, 0.15) is 23.7 Å². The van der Waals surface area contributed by atoms with Gasteiger partial charge in [-0.15, -0.1) is 0 Å². The Bertz CT molecular complexity index is 415. The lowest BCUT2D eigenvalue weighted by Gasteiger charge is -2.26. The van der Waals surface area contributed by atoms with Gasteiger partial charge >= 0.3 is 0 Å². The van der Waals surface area contributed by atoms with Crippen molar-refractivity contribution in [1.29, 1.82) is 0 Å². The fourth-order valence-corrected chi connectivity index (χ4v) is 2.46. The molecule has 0 aromatic carbocycles. The molecule has 1 aromatic heterocycles. The van der Waals surface area contributed by atoms with Gasteiger partial charge in [-0.25, -0.2) is 0 Å². The first-order valence-electron chi connectivity index (χ1n) is 5.73. The molecule has 2 unspecified atom stereocenters. The van der Waals surface area contributed by atoms with Gasteiger partial charge in [-0.05, 0) is 13.3 Å². The average Bonchev–Trinajstić information content (AvgIpc) is 3.03. The van der Waals surface area contributed by atoms with Crippen LogP contribution in [0.4, 0.5) is 0 Å². The maximum Gasteiger partial charge on any atom is 0.257 e. The summed E-state index contributed by atoms with van der Waals surface area (Å²) >= 11 is 0. The van der Waals surface area contributed by atoms with Crippen LogP contribution in [0, 0.1) is 0 Å². The average molecular weight is 221 g/mol. The van der Waals surface area contributed by atoms with Crippen molar-refractivity contribution in [1.82, 2.24) is 14.7 Å². The van der Waals surface area contributed by atoms with E-state index < -0.39 is 0 Å². The van der Waals surface area contributed by atoms with Gasteiger partial charge in [-0.3, -0.25) is 9.48 Å². The van der Waals surface area contributed by atoms with E-state index in [0.29, 0.717) is 12.2 Å². The third kappa shape index (κ3) is 1.43. The Hall–Kier alpha value is -1.36. The van der Waals surface area contributed by atoms with Gasteiger partial charge < -0.3 is 9.64 Å². The topological polar surface area (TPSA) is 47.4 Å². The van der Waals surface area contributed by atoms with Crippen LogP contribution in [-0.2, 0) is 11.3 Å². The first-order chi connectivity index (χ1) is 7.78. The lowest BCUT2D eigenvalue weighted by atomic mass is 10.2. The summed E-state index contributed by atoms with van der Waals surface area (Å²) in [5, 5.41) is 4.13. The molecule has 0 aliphatic carbocycles. The second-order valence-corrected chi connectivity index (χ2v) is 4.39. The Balaban J connectivity index is 1.77. The monoisotopic (exact) mass is 221 g/mol. The second kappa shape index (κ2) is 3.59. The summed E-state index contributed by atoms with van der Waals surface area (Å²) in [6.07, 6.45) is 4.72. The van der Waals surface area contributed by atoms with Crippen molar-refractivity contribution in [3.05, 3.63) is 18.0 Å².